The molecule has 0 aliphatic carbocycles. The molecule has 0 bridgehead atoms. The molecule has 80 valence electrons. The molecular formula is C7H22N6. The van der Waals surface area contributed by atoms with Crippen LogP contribution >= 0.6 is 0 Å². The summed E-state index contributed by atoms with van der Waals surface area (Å²) in [4.78, 5) is 0. The average molecular weight is 190 g/mol. The zero-order chi connectivity index (χ0) is 10.3. The van der Waals surface area contributed by atoms with E-state index >= 15 is 0 Å². The van der Waals surface area contributed by atoms with Gasteiger partial charge in [0.05, 0.1) is 0 Å². The number of nitrogens with zero attached hydrogens (tertiary/aromatic N) is 2. The van der Waals surface area contributed by atoms with Gasteiger partial charge in [0.15, 0.2) is 0 Å². The van der Waals surface area contributed by atoms with Crippen molar-refractivity contribution in [2.24, 2.45) is 23.4 Å². The topological polar surface area (TPSA) is 111 Å². The van der Waals surface area contributed by atoms with Gasteiger partial charge in [-0.15, -0.1) is 0 Å². The molecule has 0 spiro atoms. The summed E-state index contributed by atoms with van der Waals surface area (Å²) in [7, 11) is 0. The van der Waals surface area contributed by atoms with Gasteiger partial charge in [-0.05, 0) is 19.3 Å². The Morgan fingerprint density at radius 3 is 2.08 bits per heavy atom. The second-order valence-electron chi connectivity index (χ2n) is 3.27. The fraction of sp³-hybridized carbons (Fsp3) is 1.00. The Bertz CT molecular complexity index is 116. The van der Waals surface area contributed by atoms with Gasteiger partial charge in [-0.3, -0.25) is 23.4 Å². The molecule has 0 heterocycles. The third kappa shape index (κ3) is 6.88. The van der Waals surface area contributed by atoms with Crippen molar-refractivity contribution in [3.8, 4) is 0 Å². The Balaban J connectivity index is 3.57. The fourth-order valence-electron chi connectivity index (χ4n) is 1.29. The highest BCUT2D eigenvalue weighted by Gasteiger charge is 2.10. The molecule has 0 aromatic carbocycles. The summed E-state index contributed by atoms with van der Waals surface area (Å²) in [6.45, 7) is 2.77. The van der Waals surface area contributed by atoms with Crippen molar-refractivity contribution in [2.75, 3.05) is 6.54 Å². The molecule has 0 rings (SSSR count). The number of hydrogen-bond acceptors (Lipinski definition) is 6. The third-order valence-corrected chi connectivity index (χ3v) is 2.00. The minimum absolute atomic E-state index is 0.227. The lowest BCUT2D eigenvalue weighted by Gasteiger charge is -2.23. The summed E-state index contributed by atoms with van der Waals surface area (Å²) in [6, 6.07) is 0.227. The van der Waals surface area contributed by atoms with Crippen LogP contribution in [0.4, 0.5) is 0 Å². The van der Waals surface area contributed by atoms with E-state index in [1.165, 1.54) is 10.2 Å². The van der Waals surface area contributed by atoms with Gasteiger partial charge < -0.3 is 0 Å². The molecule has 0 fully saturated rings. The Labute approximate surface area is 79.7 Å². The van der Waals surface area contributed by atoms with Crippen LogP contribution in [0.25, 0.3) is 0 Å². The van der Waals surface area contributed by atoms with E-state index in [-0.39, 0.29) is 6.04 Å². The van der Waals surface area contributed by atoms with Crippen LogP contribution in [-0.4, -0.2) is 22.8 Å². The minimum atomic E-state index is 0.227. The van der Waals surface area contributed by atoms with Crippen LogP contribution < -0.4 is 23.4 Å². The average Bonchev–Trinajstić information content (AvgIpc) is 2.02. The van der Waals surface area contributed by atoms with Gasteiger partial charge in [-0.25, -0.2) is 0 Å². The predicted molar refractivity (Wildman–Crippen MR) is 53.2 cm³/mol. The molecule has 0 aromatic rings. The lowest BCUT2D eigenvalue weighted by atomic mass is 10.1. The molecule has 1 atom stereocenters. The molecule has 6 nitrogen and oxygen atoms in total. The van der Waals surface area contributed by atoms with Gasteiger partial charge in [-0.1, -0.05) is 13.3 Å². The number of hydrazine groups is 4. The maximum Gasteiger partial charge on any atom is 0.0395 e. The van der Waals surface area contributed by atoms with Crippen molar-refractivity contribution in [1.82, 2.24) is 10.2 Å². The van der Waals surface area contributed by atoms with E-state index in [0.717, 1.165) is 25.7 Å². The van der Waals surface area contributed by atoms with Crippen molar-refractivity contribution in [1.29, 1.82) is 0 Å². The summed E-state index contributed by atoms with van der Waals surface area (Å²) >= 11 is 0. The molecule has 13 heavy (non-hydrogen) atoms. The third-order valence-electron chi connectivity index (χ3n) is 2.00. The van der Waals surface area contributed by atoms with Crippen LogP contribution in [0, 0.1) is 0 Å². The largest absolute Gasteiger partial charge is 0.255 e. The lowest BCUT2D eigenvalue weighted by Crippen LogP contribution is -2.47. The van der Waals surface area contributed by atoms with Gasteiger partial charge >= 0.3 is 0 Å². The van der Waals surface area contributed by atoms with Gasteiger partial charge in [0.2, 0.25) is 0 Å². The number of nitrogens with two attached hydrogens (primary N) is 4. The highest BCUT2D eigenvalue weighted by molar-refractivity contribution is 4.63. The first-order valence-corrected chi connectivity index (χ1v) is 4.63. The summed E-state index contributed by atoms with van der Waals surface area (Å²) < 4.78 is 0. The molecule has 0 saturated carbocycles. The van der Waals surface area contributed by atoms with Crippen LogP contribution in [0.1, 0.15) is 32.6 Å². The van der Waals surface area contributed by atoms with E-state index in [2.05, 4.69) is 6.92 Å². The Hall–Kier alpha value is -0.240. The maximum absolute atomic E-state index is 5.47. The van der Waals surface area contributed by atoms with Crippen molar-refractivity contribution in [2.45, 2.75) is 38.6 Å². The Morgan fingerprint density at radius 2 is 1.69 bits per heavy atom. The normalized spacial score (nSPS) is 14.1. The van der Waals surface area contributed by atoms with Crippen LogP contribution in [0.2, 0.25) is 0 Å². The molecule has 0 aliphatic heterocycles. The SMILES string of the molecule is CCCC(CCCN(N)N)N(N)N. The molecule has 0 aromatic heterocycles. The molecule has 6 heteroatoms. The van der Waals surface area contributed by atoms with Crippen LogP contribution in [0.3, 0.4) is 0 Å². The molecule has 0 aliphatic rings. The second-order valence-corrected chi connectivity index (χ2v) is 3.27. The first kappa shape index (κ1) is 12.8. The second kappa shape index (κ2) is 7.19. The van der Waals surface area contributed by atoms with Gasteiger partial charge in [-0.2, -0.15) is 10.2 Å². The van der Waals surface area contributed by atoms with Crippen LogP contribution in [0.5, 0.6) is 0 Å². The summed E-state index contributed by atoms with van der Waals surface area (Å²) in [5.74, 6) is 21.5. The van der Waals surface area contributed by atoms with Crippen molar-refractivity contribution >= 4 is 0 Å². The van der Waals surface area contributed by atoms with E-state index in [1.807, 2.05) is 0 Å². The fourth-order valence-corrected chi connectivity index (χ4v) is 1.29. The van der Waals surface area contributed by atoms with E-state index in [0.29, 0.717) is 6.54 Å². The van der Waals surface area contributed by atoms with Crippen molar-refractivity contribution in [3.63, 3.8) is 0 Å². The number of rotatable bonds is 7. The lowest BCUT2D eigenvalue weighted by molar-refractivity contribution is 0.172. The Kier molecular flexibility index (Phi) is 7.06. The van der Waals surface area contributed by atoms with E-state index in [9.17, 15) is 0 Å². The number of hydrogen-bond donors (Lipinski definition) is 4. The van der Waals surface area contributed by atoms with E-state index < -0.39 is 0 Å². The standard InChI is InChI=1S/C7H22N6/c1-2-4-7(13(10)11)5-3-6-12(8)9/h7H,2-6,8-11H2,1H3. The zero-order valence-corrected chi connectivity index (χ0v) is 8.32. The summed E-state index contributed by atoms with van der Waals surface area (Å²) in [5.41, 5.74) is 0. The predicted octanol–water partition coefficient (Wildman–Crippen LogP) is -0.966. The maximum atomic E-state index is 5.47. The highest BCUT2D eigenvalue weighted by atomic mass is 15.6. The summed E-state index contributed by atoms with van der Waals surface area (Å²) in [6.07, 6.45) is 3.90. The molecule has 0 amide bonds. The van der Waals surface area contributed by atoms with Gasteiger partial charge in [0, 0.05) is 12.6 Å². The first-order chi connectivity index (χ1) is 6.07. The summed E-state index contributed by atoms with van der Waals surface area (Å²) in [5, 5.41) is 2.46. The van der Waals surface area contributed by atoms with Crippen molar-refractivity contribution in [3.05, 3.63) is 0 Å². The molecule has 1 unspecified atom stereocenters. The van der Waals surface area contributed by atoms with E-state index in [1.54, 1.807) is 0 Å². The molecule has 0 saturated heterocycles. The van der Waals surface area contributed by atoms with Gasteiger partial charge in [0.25, 0.3) is 0 Å². The van der Waals surface area contributed by atoms with Crippen LogP contribution in [0.15, 0.2) is 0 Å². The Morgan fingerprint density at radius 1 is 1.08 bits per heavy atom. The van der Waals surface area contributed by atoms with E-state index in [4.69, 9.17) is 23.4 Å². The molecular weight excluding hydrogens is 168 g/mol. The van der Waals surface area contributed by atoms with Crippen molar-refractivity contribution < 1.29 is 0 Å². The quantitative estimate of drug-likeness (QED) is 0.304. The minimum Gasteiger partial charge on any atom is -0.255 e. The monoisotopic (exact) mass is 190 g/mol. The first-order valence-electron chi connectivity index (χ1n) is 4.63. The molecule has 8 N–H and O–H groups in total. The highest BCUT2D eigenvalue weighted by Crippen LogP contribution is 2.07. The smallest absolute Gasteiger partial charge is 0.0395 e. The van der Waals surface area contributed by atoms with Crippen LogP contribution in [-0.2, 0) is 0 Å². The van der Waals surface area contributed by atoms with Gasteiger partial charge in [0.1, 0.15) is 0 Å². The molecule has 0 radical (unpaired) electrons. The zero-order valence-electron chi connectivity index (χ0n) is 8.32.